The molecule has 0 radical (unpaired) electrons. The maximum Gasteiger partial charge on any atom is 0.335 e. The topological polar surface area (TPSA) is 101 Å². The molecule has 0 aliphatic heterocycles. The van der Waals surface area contributed by atoms with Crippen LogP contribution in [0.1, 0.15) is 47.9 Å². The minimum atomic E-state index is -1.13. The molecule has 0 amide bonds. The third-order valence-corrected chi connectivity index (χ3v) is 2.46. The number of rotatable bonds is 5. The van der Waals surface area contributed by atoms with Gasteiger partial charge < -0.3 is 14.9 Å². The van der Waals surface area contributed by atoms with Crippen molar-refractivity contribution in [2.24, 2.45) is 0 Å². The number of benzene rings is 1. The van der Waals surface area contributed by atoms with Gasteiger partial charge in [-0.15, -0.1) is 0 Å². The Balaban J connectivity index is 0.000000409. The Morgan fingerprint density at radius 3 is 1.95 bits per heavy atom. The van der Waals surface area contributed by atoms with Crippen molar-refractivity contribution >= 4 is 17.9 Å². The number of allylic oxidation sites excluding steroid dienone is 1. The molecule has 0 bridgehead atoms. The smallest absolute Gasteiger partial charge is 0.335 e. The molecule has 2 N–H and O–H groups in total. The van der Waals surface area contributed by atoms with Gasteiger partial charge in [0.05, 0.1) is 17.7 Å². The van der Waals surface area contributed by atoms with Crippen LogP contribution in [0.5, 0.6) is 0 Å². The monoisotopic (exact) mass is 308 g/mol. The van der Waals surface area contributed by atoms with E-state index in [9.17, 15) is 14.4 Å². The molecule has 0 saturated heterocycles. The van der Waals surface area contributed by atoms with Gasteiger partial charge in [0.1, 0.15) is 0 Å². The molecule has 0 aliphatic rings. The molecule has 1 aromatic rings. The first-order valence-electron chi connectivity index (χ1n) is 6.73. The summed E-state index contributed by atoms with van der Waals surface area (Å²) in [7, 11) is 0. The second-order valence-electron chi connectivity index (χ2n) is 4.21. The predicted molar refractivity (Wildman–Crippen MR) is 81.0 cm³/mol. The van der Waals surface area contributed by atoms with E-state index in [1.165, 1.54) is 18.2 Å². The fraction of sp³-hybridized carbons (Fsp3) is 0.312. The van der Waals surface area contributed by atoms with Crippen LogP contribution in [0, 0.1) is 0 Å². The molecule has 0 fully saturated rings. The van der Waals surface area contributed by atoms with Crippen LogP contribution in [0.25, 0.3) is 0 Å². The molecule has 6 heteroatoms. The molecule has 1 aromatic carbocycles. The Morgan fingerprint density at radius 2 is 1.59 bits per heavy atom. The van der Waals surface area contributed by atoms with Gasteiger partial charge in [-0.25, -0.2) is 14.4 Å². The molecule has 0 spiro atoms. The van der Waals surface area contributed by atoms with E-state index >= 15 is 0 Å². The van der Waals surface area contributed by atoms with Crippen LogP contribution < -0.4 is 0 Å². The van der Waals surface area contributed by atoms with Crippen LogP contribution in [0.3, 0.4) is 0 Å². The maximum atomic E-state index is 10.8. The zero-order valence-corrected chi connectivity index (χ0v) is 12.8. The van der Waals surface area contributed by atoms with Crippen LogP contribution in [-0.2, 0) is 9.53 Å². The normalized spacial score (nSPS) is 10.2. The highest BCUT2D eigenvalue weighted by Gasteiger charge is 2.06. The zero-order chi connectivity index (χ0) is 17.1. The summed E-state index contributed by atoms with van der Waals surface area (Å²) < 4.78 is 4.75. The number of hydrogen-bond acceptors (Lipinski definition) is 4. The van der Waals surface area contributed by atoms with Gasteiger partial charge in [0.15, 0.2) is 0 Å². The molecule has 0 unspecified atom stereocenters. The van der Waals surface area contributed by atoms with E-state index in [0.29, 0.717) is 12.2 Å². The van der Waals surface area contributed by atoms with Gasteiger partial charge >= 0.3 is 17.9 Å². The van der Waals surface area contributed by atoms with Crippen molar-refractivity contribution in [2.45, 2.75) is 27.2 Å². The number of carboxylic acids is 2. The standard InChI is InChI=1S/C8H6O4.C8H14O2/c9-7(10)5-2-1-3-6(4-5)8(11)12;1-4-6-7(3)8(9)10-5-2/h1-4H,(H,9,10)(H,11,12);6H,4-5H2,1-3H3. The highest BCUT2D eigenvalue weighted by atomic mass is 16.5. The van der Waals surface area contributed by atoms with Gasteiger partial charge in [-0.3, -0.25) is 0 Å². The average molecular weight is 308 g/mol. The molecule has 120 valence electrons. The number of carboxylic acid groups (broad SMARTS) is 2. The van der Waals surface area contributed by atoms with Crippen molar-refractivity contribution in [1.82, 2.24) is 0 Å². The maximum absolute atomic E-state index is 10.8. The van der Waals surface area contributed by atoms with E-state index < -0.39 is 11.9 Å². The molecule has 22 heavy (non-hydrogen) atoms. The van der Waals surface area contributed by atoms with Crippen molar-refractivity contribution in [1.29, 1.82) is 0 Å². The van der Waals surface area contributed by atoms with Gasteiger partial charge in [0, 0.05) is 5.57 Å². The minimum Gasteiger partial charge on any atom is -0.478 e. The molecular weight excluding hydrogens is 288 g/mol. The third-order valence-electron chi connectivity index (χ3n) is 2.46. The Hall–Kier alpha value is -2.63. The number of ether oxygens (including phenoxy) is 1. The van der Waals surface area contributed by atoms with Gasteiger partial charge in [0.2, 0.25) is 0 Å². The largest absolute Gasteiger partial charge is 0.478 e. The summed E-state index contributed by atoms with van der Waals surface area (Å²) in [6.07, 6.45) is 2.74. The quantitative estimate of drug-likeness (QED) is 0.640. The molecule has 1 rings (SSSR count). The Kier molecular flexibility index (Phi) is 8.94. The molecule has 0 saturated carbocycles. The fourth-order valence-electron chi connectivity index (χ4n) is 1.42. The number of esters is 1. The number of carbonyl (C=O) groups excluding carboxylic acids is 1. The van der Waals surface area contributed by atoms with Gasteiger partial charge in [-0.05, 0) is 38.5 Å². The van der Waals surface area contributed by atoms with E-state index in [1.54, 1.807) is 13.8 Å². The predicted octanol–water partition coefficient (Wildman–Crippen LogP) is 2.99. The van der Waals surface area contributed by atoms with Crippen LogP contribution >= 0.6 is 0 Å². The summed E-state index contributed by atoms with van der Waals surface area (Å²) in [6, 6.07) is 5.20. The summed E-state index contributed by atoms with van der Waals surface area (Å²) >= 11 is 0. The SMILES string of the molecule is CCC=C(C)C(=O)OCC.O=C(O)c1cccc(C(=O)O)c1. The lowest BCUT2D eigenvalue weighted by Crippen LogP contribution is -2.04. The van der Waals surface area contributed by atoms with E-state index in [4.69, 9.17) is 14.9 Å². The summed E-state index contributed by atoms with van der Waals surface area (Å²) in [4.78, 5) is 31.6. The number of carbonyl (C=O) groups is 3. The molecule has 0 atom stereocenters. The Labute approximate surface area is 129 Å². The van der Waals surface area contributed by atoms with Crippen LogP contribution in [-0.4, -0.2) is 34.7 Å². The number of hydrogen-bond donors (Lipinski definition) is 2. The lowest BCUT2D eigenvalue weighted by atomic mass is 10.1. The van der Waals surface area contributed by atoms with Crippen LogP contribution in [0.2, 0.25) is 0 Å². The number of aromatic carboxylic acids is 2. The molecule has 0 heterocycles. The zero-order valence-electron chi connectivity index (χ0n) is 12.8. The van der Waals surface area contributed by atoms with Crippen LogP contribution in [0.15, 0.2) is 35.9 Å². The van der Waals surface area contributed by atoms with Gasteiger partial charge in [-0.1, -0.05) is 19.1 Å². The molecular formula is C16H20O6. The fourth-order valence-corrected chi connectivity index (χ4v) is 1.42. The third kappa shape index (κ3) is 7.23. The van der Waals surface area contributed by atoms with E-state index in [0.717, 1.165) is 12.5 Å². The van der Waals surface area contributed by atoms with E-state index in [2.05, 4.69) is 0 Å². The van der Waals surface area contributed by atoms with Crippen LogP contribution in [0.4, 0.5) is 0 Å². The van der Waals surface area contributed by atoms with E-state index in [1.807, 2.05) is 13.0 Å². The molecule has 6 nitrogen and oxygen atoms in total. The molecule has 0 aliphatic carbocycles. The lowest BCUT2D eigenvalue weighted by Gasteiger charge is -1.99. The summed E-state index contributed by atoms with van der Waals surface area (Å²) in [5.41, 5.74) is 0.661. The summed E-state index contributed by atoms with van der Waals surface area (Å²) in [5.74, 6) is -2.46. The van der Waals surface area contributed by atoms with E-state index in [-0.39, 0.29) is 17.1 Å². The van der Waals surface area contributed by atoms with Crippen molar-refractivity contribution in [3.05, 3.63) is 47.0 Å². The Bertz CT molecular complexity index is 530. The summed E-state index contributed by atoms with van der Waals surface area (Å²) in [5, 5.41) is 17.0. The summed E-state index contributed by atoms with van der Waals surface area (Å²) in [6.45, 7) is 6.01. The first-order chi connectivity index (χ1) is 10.3. The lowest BCUT2D eigenvalue weighted by molar-refractivity contribution is -0.138. The van der Waals surface area contributed by atoms with Crippen molar-refractivity contribution in [2.75, 3.05) is 6.61 Å². The second-order valence-corrected chi connectivity index (χ2v) is 4.21. The van der Waals surface area contributed by atoms with Crippen molar-refractivity contribution < 1.29 is 29.3 Å². The van der Waals surface area contributed by atoms with Crippen molar-refractivity contribution in [3.8, 4) is 0 Å². The first-order valence-corrected chi connectivity index (χ1v) is 6.73. The van der Waals surface area contributed by atoms with Gasteiger partial charge in [-0.2, -0.15) is 0 Å². The second kappa shape index (κ2) is 10.1. The van der Waals surface area contributed by atoms with Gasteiger partial charge in [0.25, 0.3) is 0 Å². The highest BCUT2D eigenvalue weighted by molar-refractivity contribution is 5.93. The average Bonchev–Trinajstić information content (AvgIpc) is 2.48. The first kappa shape index (κ1) is 19.4. The highest BCUT2D eigenvalue weighted by Crippen LogP contribution is 2.04. The minimum absolute atomic E-state index is 0.0186. The van der Waals surface area contributed by atoms with Crippen molar-refractivity contribution in [3.63, 3.8) is 0 Å². The molecule has 0 aromatic heterocycles. The Morgan fingerprint density at radius 1 is 1.09 bits per heavy atom.